The van der Waals surface area contributed by atoms with E-state index in [1.54, 1.807) is 17.5 Å². The summed E-state index contributed by atoms with van der Waals surface area (Å²) in [7, 11) is -3.41. The summed E-state index contributed by atoms with van der Waals surface area (Å²) in [4.78, 5) is 22.9. The second kappa shape index (κ2) is 9.64. The van der Waals surface area contributed by atoms with Gasteiger partial charge in [0.25, 0.3) is 0 Å². The van der Waals surface area contributed by atoms with Gasteiger partial charge in [0.1, 0.15) is 5.82 Å². The minimum absolute atomic E-state index is 0.1000. The van der Waals surface area contributed by atoms with Gasteiger partial charge in [-0.3, -0.25) is 4.79 Å². The van der Waals surface area contributed by atoms with Gasteiger partial charge in [-0.15, -0.1) is 11.3 Å². The third-order valence-electron chi connectivity index (χ3n) is 4.69. The Kier molecular flexibility index (Phi) is 7.20. The van der Waals surface area contributed by atoms with E-state index in [0.29, 0.717) is 32.1 Å². The van der Waals surface area contributed by atoms with Crippen LogP contribution in [0.3, 0.4) is 0 Å². The minimum atomic E-state index is -3.41. The summed E-state index contributed by atoms with van der Waals surface area (Å²) in [6.45, 7) is 6.26. The first-order valence-corrected chi connectivity index (χ1v) is 12.2. The zero-order valence-electron chi connectivity index (χ0n) is 16.7. The van der Waals surface area contributed by atoms with Gasteiger partial charge in [0.15, 0.2) is 0 Å². The molecule has 1 amide bonds. The summed E-state index contributed by atoms with van der Waals surface area (Å²) >= 11 is 1.54. The second-order valence-electron chi connectivity index (χ2n) is 7.25. The Balaban J connectivity index is 1.42. The highest BCUT2D eigenvalue weighted by Crippen LogP contribution is 2.19. The molecule has 1 aliphatic heterocycles. The molecular weight excluding hydrogens is 410 g/mol. The SMILES string of the molecule is CC(C)c1nc(CC(=O)NCCS(=O)(=O)N2CCN(c3ccccn3)CC2)cs1. The van der Waals surface area contributed by atoms with Gasteiger partial charge in [-0.2, -0.15) is 4.31 Å². The van der Waals surface area contributed by atoms with Crippen LogP contribution < -0.4 is 10.2 Å². The summed E-state index contributed by atoms with van der Waals surface area (Å²) in [5, 5.41) is 5.58. The lowest BCUT2D eigenvalue weighted by molar-refractivity contribution is -0.120. The maximum atomic E-state index is 12.6. The molecule has 2 aromatic rings. The Morgan fingerprint density at radius 1 is 1.24 bits per heavy atom. The monoisotopic (exact) mass is 437 g/mol. The fraction of sp³-hybridized carbons (Fsp3) is 0.526. The fourth-order valence-electron chi connectivity index (χ4n) is 3.08. The van der Waals surface area contributed by atoms with Crippen LogP contribution >= 0.6 is 11.3 Å². The van der Waals surface area contributed by atoms with Gasteiger partial charge in [-0.05, 0) is 12.1 Å². The number of nitrogens with one attached hydrogen (secondary N) is 1. The summed E-state index contributed by atoms with van der Waals surface area (Å²) in [6, 6.07) is 5.70. The van der Waals surface area contributed by atoms with Crippen molar-refractivity contribution < 1.29 is 13.2 Å². The number of sulfonamides is 1. The molecule has 0 atom stereocenters. The van der Waals surface area contributed by atoms with Crippen LogP contribution in [-0.4, -0.2) is 67.1 Å². The van der Waals surface area contributed by atoms with Crippen molar-refractivity contribution in [2.45, 2.75) is 26.2 Å². The van der Waals surface area contributed by atoms with Gasteiger partial charge < -0.3 is 10.2 Å². The number of piperazine rings is 1. The molecule has 0 radical (unpaired) electrons. The van der Waals surface area contributed by atoms with Crippen molar-refractivity contribution in [1.82, 2.24) is 19.6 Å². The van der Waals surface area contributed by atoms with E-state index in [1.165, 1.54) is 4.31 Å². The maximum Gasteiger partial charge on any atom is 0.226 e. The third-order valence-corrected chi connectivity index (χ3v) is 7.76. The fourth-order valence-corrected chi connectivity index (χ4v) is 5.25. The van der Waals surface area contributed by atoms with Crippen molar-refractivity contribution in [2.24, 2.45) is 0 Å². The lowest BCUT2D eigenvalue weighted by Crippen LogP contribution is -2.50. The van der Waals surface area contributed by atoms with Crippen molar-refractivity contribution >= 4 is 33.1 Å². The molecular formula is C19H27N5O3S2. The van der Waals surface area contributed by atoms with E-state index in [0.717, 1.165) is 16.5 Å². The van der Waals surface area contributed by atoms with Crippen molar-refractivity contribution in [1.29, 1.82) is 0 Å². The average Bonchev–Trinajstić information content (AvgIpc) is 3.17. The van der Waals surface area contributed by atoms with E-state index in [4.69, 9.17) is 0 Å². The Labute approximate surface area is 176 Å². The highest BCUT2D eigenvalue weighted by Gasteiger charge is 2.27. The maximum absolute atomic E-state index is 12.6. The van der Waals surface area contributed by atoms with Crippen LogP contribution in [0.5, 0.6) is 0 Å². The van der Waals surface area contributed by atoms with Crippen LogP contribution in [0.1, 0.15) is 30.5 Å². The summed E-state index contributed by atoms with van der Waals surface area (Å²) in [5.74, 6) is 0.886. The number of rotatable bonds is 8. The van der Waals surface area contributed by atoms with Crippen molar-refractivity contribution in [3.05, 3.63) is 40.5 Å². The first-order chi connectivity index (χ1) is 13.8. The highest BCUT2D eigenvalue weighted by molar-refractivity contribution is 7.89. The molecule has 2 aromatic heterocycles. The van der Waals surface area contributed by atoms with Crippen LogP contribution in [0.4, 0.5) is 5.82 Å². The molecule has 158 valence electrons. The number of thiazole rings is 1. The van der Waals surface area contributed by atoms with E-state index in [2.05, 4.69) is 34.0 Å². The van der Waals surface area contributed by atoms with Crippen LogP contribution in [0.2, 0.25) is 0 Å². The zero-order chi connectivity index (χ0) is 20.9. The van der Waals surface area contributed by atoms with E-state index < -0.39 is 10.0 Å². The molecule has 1 aliphatic rings. The number of hydrogen-bond acceptors (Lipinski definition) is 7. The summed E-state index contributed by atoms with van der Waals surface area (Å²) in [6.07, 6.45) is 1.91. The van der Waals surface area contributed by atoms with E-state index in [-0.39, 0.29) is 24.6 Å². The van der Waals surface area contributed by atoms with E-state index >= 15 is 0 Å². The van der Waals surface area contributed by atoms with Gasteiger partial charge in [0, 0.05) is 50.2 Å². The second-order valence-corrected chi connectivity index (χ2v) is 10.2. The van der Waals surface area contributed by atoms with Crippen LogP contribution in [0.15, 0.2) is 29.8 Å². The first-order valence-electron chi connectivity index (χ1n) is 9.70. The number of carbonyl (C=O) groups is 1. The molecule has 3 heterocycles. The van der Waals surface area contributed by atoms with Gasteiger partial charge >= 0.3 is 0 Å². The molecule has 1 N–H and O–H groups in total. The van der Waals surface area contributed by atoms with Gasteiger partial charge in [0.2, 0.25) is 15.9 Å². The quantitative estimate of drug-likeness (QED) is 0.672. The zero-order valence-corrected chi connectivity index (χ0v) is 18.4. The number of amides is 1. The van der Waals surface area contributed by atoms with Gasteiger partial charge in [-0.1, -0.05) is 19.9 Å². The molecule has 0 aromatic carbocycles. The number of aromatic nitrogens is 2. The Morgan fingerprint density at radius 2 is 2.00 bits per heavy atom. The number of nitrogens with zero attached hydrogens (tertiary/aromatic N) is 4. The average molecular weight is 438 g/mol. The summed E-state index contributed by atoms with van der Waals surface area (Å²) in [5.41, 5.74) is 0.727. The molecule has 29 heavy (non-hydrogen) atoms. The highest BCUT2D eigenvalue weighted by atomic mass is 32.2. The molecule has 0 spiro atoms. The molecule has 0 aliphatic carbocycles. The molecule has 8 nitrogen and oxygen atoms in total. The van der Waals surface area contributed by atoms with Crippen molar-refractivity contribution in [3.63, 3.8) is 0 Å². The number of hydrogen-bond donors (Lipinski definition) is 1. The molecule has 0 bridgehead atoms. The Bertz CT molecular complexity index is 907. The first kappa shape index (κ1) is 21.7. The molecule has 0 saturated carbocycles. The van der Waals surface area contributed by atoms with Crippen molar-refractivity contribution in [3.8, 4) is 0 Å². The summed E-state index contributed by atoms with van der Waals surface area (Å²) < 4.78 is 26.6. The predicted molar refractivity (Wildman–Crippen MR) is 115 cm³/mol. The Hall–Kier alpha value is -2.04. The largest absolute Gasteiger partial charge is 0.355 e. The van der Waals surface area contributed by atoms with Crippen LogP contribution in [0, 0.1) is 0 Å². The molecule has 0 unspecified atom stereocenters. The molecule has 3 rings (SSSR count). The van der Waals surface area contributed by atoms with Crippen LogP contribution in [-0.2, 0) is 21.2 Å². The molecule has 1 fully saturated rings. The standard InChI is InChI=1S/C19H27N5O3S2/c1-15(2)19-22-16(14-28-19)13-18(25)21-7-12-29(26,27)24-10-8-23(9-11-24)17-5-3-4-6-20-17/h3-6,14-15H,7-13H2,1-2H3,(H,21,25). The third kappa shape index (κ3) is 5.97. The smallest absolute Gasteiger partial charge is 0.226 e. The topological polar surface area (TPSA) is 95.5 Å². The predicted octanol–water partition coefficient (Wildman–Crippen LogP) is 1.47. The number of anilines is 1. The molecule has 1 saturated heterocycles. The normalized spacial score (nSPS) is 15.6. The van der Waals surface area contributed by atoms with Gasteiger partial charge in [0.05, 0.1) is 22.9 Å². The lowest BCUT2D eigenvalue weighted by Gasteiger charge is -2.34. The molecule has 10 heteroatoms. The lowest BCUT2D eigenvalue weighted by atomic mass is 10.2. The number of carbonyl (C=O) groups excluding carboxylic acids is 1. The van der Waals surface area contributed by atoms with Crippen molar-refractivity contribution in [2.75, 3.05) is 43.4 Å². The van der Waals surface area contributed by atoms with E-state index in [1.807, 2.05) is 23.6 Å². The van der Waals surface area contributed by atoms with Gasteiger partial charge in [-0.25, -0.2) is 18.4 Å². The Morgan fingerprint density at radius 3 is 2.62 bits per heavy atom. The minimum Gasteiger partial charge on any atom is -0.355 e. The number of pyridine rings is 1. The van der Waals surface area contributed by atoms with Crippen LogP contribution in [0.25, 0.3) is 0 Å². The van der Waals surface area contributed by atoms with E-state index in [9.17, 15) is 13.2 Å².